The molecule has 28 heavy (non-hydrogen) atoms. The van der Waals surface area contributed by atoms with Crippen LogP contribution in [-0.4, -0.2) is 28.0 Å². The summed E-state index contributed by atoms with van der Waals surface area (Å²) in [5.41, 5.74) is 0.595. The van der Waals surface area contributed by atoms with Crippen molar-refractivity contribution < 1.29 is 13.2 Å². The Balaban J connectivity index is 1.58. The number of piperidine rings is 1. The van der Waals surface area contributed by atoms with E-state index in [1.165, 1.54) is 18.7 Å². The Morgan fingerprint density at radius 1 is 0.964 bits per heavy atom. The molecule has 1 aliphatic rings. The van der Waals surface area contributed by atoms with Crippen molar-refractivity contribution in [3.05, 3.63) is 53.9 Å². The minimum atomic E-state index is -4.43. The van der Waals surface area contributed by atoms with Gasteiger partial charge in [-0.05, 0) is 43.0 Å². The number of anilines is 2. The summed E-state index contributed by atoms with van der Waals surface area (Å²) in [6.45, 7) is 2.19. The second-order valence-electron chi connectivity index (χ2n) is 6.84. The van der Waals surface area contributed by atoms with Gasteiger partial charge < -0.3 is 10.2 Å². The summed E-state index contributed by atoms with van der Waals surface area (Å²) in [5, 5.41) is 4.12. The molecule has 1 N–H and O–H groups in total. The van der Waals surface area contributed by atoms with E-state index < -0.39 is 11.9 Å². The van der Waals surface area contributed by atoms with Gasteiger partial charge in [-0.3, -0.25) is 4.98 Å². The van der Waals surface area contributed by atoms with Crippen molar-refractivity contribution in [1.82, 2.24) is 15.0 Å². The number of para-hydroxylation sites is 1. The SMILES string of the molecule is FC(F)(F)c1ccc(CNc2nc(N3CCCCC3)nc3ccccc23)cn1. The first-order valence-electron chi connectivity index (χ1n) is 9.28. The number of halogens is 3. The minimum absolute atomic E-state index is 0.325. The molecule has 1 fully saturated rings. The lowest BCUT2D eigenvalue weighted by Crippen LogP contribution is -2.31. The Labute approximate surface area is 160 Å². The molecular formula is C20H20F3N5. The molecule has 146 valence electrons. The highest BCUT2D eigenvalue weighted by molar-refractivity contribution is 5.90. The van der Waals surface area contributed by atoms with Gasteiger partial charge in [0, 0.05) is 31.2 Å². The molecule has 3 aromatic rings. The smallest absolute Gasteiger partial charge is 0.365 e. The number of rotatable bonds is 4. The molecule has 0 unspecified atom stereocenters. The molecule has 8 heteroatoms. The highest BCUT2D eigenvalue weighted by Crippen LogP contribution is 2.28. The van der Waals surface area contributed by atoms with E-state index in [-0.39, 0.29) is 0 Å². The standard InChI is InChI=1S/C20H20F3N5/c21-20(22,23)17-9-8-14(12-24-17)13-25-18-15-6-2-3-7-16(15)26-19(27-18)28-10-4-1-5-11-28/h2-3,6-9,12H,1,4-5,10-11,13H2,(H,25,26,27). The van der Waals surface area contributed by atoms with E-state index in [0.29, 0.717) is 23.9 Å². The summed E-state index contributed by atoms with van der Waals surface area (Å²) in [4.78, 5) is 15.1. The minimum Gasteiger partial charge on any atom is -0.365 e. The second-order valence-corrected chi connectivity index (χ2v) is 6.84. The zero-order chi connectivity index (χ0) is 19.6. The molecule has 2 aromatic heterocycles. The second kappa shape index (κ2) is 7.61. The van der Waals surface area contributed by atoms with Gasteiger partial charge in [0.2, 0.25) is 5.95 Å². The normalized spacial score (nSPS) is 15.0. The zero-order valence-electron chi connectivity index (χ0n) is 15.2. The summed E-state index contributed by atoms with van der Waals surface area (Å²) in [7, 11) is 0. The number of hydrogen-bond donors (Lipinski definition) is 1. The van der Waals surface area contributed by atoms with Gasteiger partial charge in [-0.2, -0.15) is 18.2 Å². The molecule has 0 bridgehead atoms. The van der Waals surface area contributed by atoms with Crippen LogP contribution in [0.3, 0.4) is 0 Å². The summed E-state index contributed by atoms with van der Waals surface area (Å²) >= 11 is 0. The number of alkyl halides is 3. The lowest BCUT2D eigenvalue weighted by atomic mass is 10.1. The Morgan fingerprint density at radius 2 is 1.75 bits per heavy atom. The van der Waals surface area contributed by atoms with Crippen LogP contribution in [-0.2, 0) is 12.7 Å². The predicted octanol–water partition coefficient (Wildman–Crippen LogP) is 4.65. The van der Waals surface area contributed by atoms with E-state index in [0.717, 1.165) is 42.9 Å². The van der Waals surface area contributed by atoms with Crippen LogP contribution in [0.4, 0.5) is 24.9 Å². The number of aromatic nitrogens is 3. The van der Waals surface area contributed by atoms with Crippen LogP contribution in [0, 0.1) is 0 Å². The molecule has 5 nitrogen and oxygen atoms in total. The van der Waals surface area contributed by atoms with E-state index in [1.54, 1.807) is 0 Å². The van der Waals surface area contributed by atoms with Crippen molar-refractivity contribution >= 4 is 22.7 Å². The molecule has 1 aliphatic heterocycles. The summed E-state index contributed by atoms with van der Waals surface area (Å²) in [6.07, 6.45) is 0.269. The van der Waals surface area contributed by atoms with Crippen molar-refractivity contribution in [3.8, 4) is 0 Å². The van der Waals surface area contributed by atoms with Crippen molar-refractivity contribution in [3.63, 3.8) is 0 Å². The quantitative estimate of drug-likeness (QED) is 0.706. The third-order valence-corrected chi connectivity index (χ3v) is 4.81. The number of benzene rings is 1. The van der Waals surface area contributed by atoms with E-state index in [4.69, 9.17) is 9.97 Å². The van der Waals surface area contributed by atoms with Gasteiger partial charge >= 0.3 is 6.18 Å². The summed E-state index contributed by atoms with van der Waals surface area (Å²) in [6, 6.07) is 10.1. The molecule has 0 atom stereocenters. The maximum atomic E-state index is 12.7. The van der Waals surface area contributed by atoms with Gasteiger partial charge in [-0.15, -0.1) is 0 Å². The van der Waals surface area contributed by atoms with Crippen molar-refractivity contribution in [2.75, 3.05) is 23.3 Å². The van der Waals surface area contributed by atoms with Crippen LogP contribution in [0.25, 0.3) is 10.9 Å². The molecule has 0 radical (unpaired) electrons. The third kappa shape index (κ3) is 4.00. The van der Waals surface area contributed by atoms with Crippen molar-refractivity contribution in [2.45, 2.75) is 32.0 Å². The van der Waals surface area contributed by atoms with Gasteiger partial charge in [-0.1, -0.05) is 18.2 Å². The Bertz CT molecular complexity index is 950. The molecule has 0 amide bonds. The number of fused-ring (bicyclic) bond motifs is 1. The molecule has 0 saturated carbocycles. The largest absolute Gasteiger partial charge is 0.433 e. The topological polar surface area (TPSA) is 53.9 Å². The van der Waals surface area contributed by atoms with Crippen LogP contribution in [0.5, 0.6) is 0 Å². The highest BCUT2D eigenvalue weighted by atomic mass is 19.4. The Hall–Kier alpha value is -2.90. The first kappa shape index (κ1) is 18.5. The lowest BCUT2D eigenvalue weighted by Gasteiger charge is -2.27. The third-order valence-electron chi connectivity index (χ3n) is 4.81. The van der Waals surface area contributed by atoms with Gasteiger partial charge in [0.15, 0.2) is 0 Å². The maximum absolute atomic E-state index is 12.7. The predicted molar refractivity (Wildman–Crippen MR) is 102 cm³/mol. The fourth-order valence-electron chi connectivity index (χ4n) is 3.32. The Kier molecular flexibility index (Phi) is 5.02. The number of pyridine rings is 1. The van der Waals surface area contributed by atoms with Gasteiger partial charge in [0.1, 0.15) is 11.5 Å². The van der Waals surface area contributed by atoms with Gasteiger partial charge in [0.25, 0.3) is 0 Å². The average Bonchev–Trinajstić information content (AvgIpc) is 2.72. The number of nitrogens with zero attached hydrogens (tertiary/aromatic N) is 4. The van der Waals surface area contributed by atoms with E-state index in [9.17, 15) is 13.2 Å². The molecule has 3 heterocycles. The van der Waals surface area contributed by atoms with E-state index >= 15 is 0 Å². The Morgan fingerprint density at radius 3 is 2.46 bits per heavy atom. The highest BCUT2D eigenvalue weighted by Gasteiger charge is 2.32. The first-order valence-corrected chi connectivity index (χ1v) is 9.28. The van der Waals surface area contributed by atoms with Crippen LogP contribution in [0.15, 0.2) is 42.6 Å². The van der Waals surface area contributed by atoms with Crippen LogP contribution in [0.2, 0.25) is 0 Å². The first-order chi connectivity index (χ1) is 13.5. The lowest BCUT2D eigenvalue weighted by molar-refractivity contribution is -0.141. The van der Waals surface area contributed by atoms with Crippen LogP contribution < -0.4 is 10.2 Å². The maximum Gasteiger partial charge on any atom is 0.433 e. The monoisotopic (exact) mass is 387 g/mol. The molecule has 1 saturated heterocycles. The molecular weight excluding hydrogens is 367 g/mol. The molecule has 1 aromatic carbocycles. The molecule has 0 aliphatic carbocycles. The average molecular weight is 387 g/mol. The van der Waals surface area contributed by atoms with Gasteiger partial charge in [-0.25, -0.2) is 4.98 Å². The summed E-state index contributed by atoms with van der Waals surface area (Å²) < 4.78 is 38.0. The summed E-state index contributed by atoms with van der Waals surface area (Å²) in [5.74, 6) is 1.36. The number of hydrogen-bond acceptors (Lipinski definition) is 5. The van der Waals surface area contributed by atoms with Crippen molar-refractivity contribution in [2.24, 2.45) is 0 Å². The van der Waals surface area contributed by atoms with Crippen LogP contribution in [0.1, 0.15) is 30.5 Å². The molecule has 4 rings (SSSR count). The molecule has 0 spiro atoms. The van der Waals surface area contributed by atoms with Crippen LogP contribution >= 0.6 is 0 Å². The fraction of sp³-hybridized carbons (Fsp3) is 0.350. The number of nitrogens with one attached hydrogen (secondary N) is 1. The van der Waals surface area contributed by atoms with E-state index in [1.807, 2.05) is 24.3 Å². The van der Waals surface area contributed by atoms with E-state index in [2.05, 4.69) is 15.2 Å². The van der Waals surface area contributed by atoms with Gasteiger partial charge in [0.05, 0.1) is 5.52 Å². The van der Waals surface area contributed by atoms with Crippen molar-refractivity contribution in [1.29, 1.82) is 0 Å². The fourth-order valence-corrected chi connectivity index (χ4v) is 3.32. The zero-order valence-corrected chi connectivity index (χ0v) is 15.2.